The van der Waals surface area contributed by atoms with Gasteiger partial charge < -0.3 is 0 Å². The van der Waals surface area contributed by atoms with Crippen LogP contribution in [0.5, 0.6) is 0 Å². The Morgan fingerprint density at radius 2 is 1.96 bits per heavy atom. The lowest BCUT2D eigenvalue weighted by atomic mass is 9.96. The van der Waals surface area contributed by atoms with Gasteiger partial charge in [0.05, 0.1) is 29.5 Å². The van der Waals surface area contributed by atoms with E-state index in [1.807, 2.05) is 25.6 Å². The molecule has 1 aliphatic rings. The quantitative estimate of drug-likeness (QED) is 0.841. The zero-order chi connectivity index (χ0) is 17.5. The number of sulfonamides is 1. The van der Waals surface area contributed by atoms with Gasteiger partial charge in [0.1, 0.15) is 0 Å². The first-order valence-electron chi connectivity index (χ1n) is 8.05. The molecule has 0 aliphatic carbocycles. The Balaban J connectivity index is 1.84. The highest BCUT2D eigenvalue weighted by Crippen LogP contribution is 2.28. The van der Waals surface area contributed by atoms with Gasteiger partial charge in [0.25, 0.3) is 0 Å². The highest BCUT2D eigenvalue weighted by Gasteiger charge is 2.27. The standard InChI is InChI=1S/C16H23N5O2S/c1-11-16(12(2)20(3)19-11)15-9-17-14(8-18-15)13-6-5-7-21(10-13)24(4,22)23/h8-9,13H,5-7,10H2,1-4H3. The number of hydrogen-bond acceptors (Lipinski definition) is 5. The molecule has 2 aromatic rings. The predicted molar refractivity (Wildman–Crippen MR) is 92.1 cm³/mol. The van der Waals surface area contributed by atoms with Crippen LogP contribution in [0.1, 0.15) is 35.8 Å². The molecule has 0 radical (unpaired) electrons. The van der Waals surface area contributed by atoms with Gasteiger partial charge in [0, 0.05) is 43.5 Å². The summed E-state index contributed by atoms with van der Waals surface area (Å²) in [7, 11) is -1.24. The molecule has 24 heavy (non-hydrogen) atoms. The molecule has 130 valence electrons. The second-order valence-electron chi connectivity index (χ2n) is 6.46. The van der Waals surface area contributed by atoms with Gasteiger partial charge in [-0.2, -0.15) is 5.10 Å². The van der Waals surface area contributed by atoms with Crippen LogP contribution < -0.4 is 0 Å². The van der Waals surface area contributed by atoms with E-state index in [0.717, 1.165) is 41.2 Å². The summed E-state index contributed by atoms with van der Waals surface area (Å²) in [5.74, 6) is 0.103. The van der Waals surface area contributed by atoms with Gasteiger partial charge in [-0.1, -0.05) is 0 Å². The Bertz CT molecular complexity index is 842. The summed E-state index contributed by atoms with van der Waals surface area (Å²) >= 11 is 0. The number of nitrogens with zero attached hydrogens (tertiary/aromatic N) is 5. The lowest BCUT2D eigenvalue weighted by Gasteiger charge is -2.30. The van der Waals surface area contributed by atoms with Crippen molar-refractivity contribution in [1.29, 1.82) is 0 Å². The summed E-state index contributed by atoms with van der Waals surface area (Å²) in [5, 5.41) is 4.41. The first-order valence-corrected chi connectivity index (χ1v) is 9.90. The van der Waals surface area contributed by atoms with E-state index < -0.39 is 10.0 Å². The summed E-state index contributed by atoms with van der Waals surface area (Å²) in [6.45, 7) is 5.05. The fourth-order valence-corrected chi connectivity index (χ4v) is 4.22. The molecule has 1 fully saturated rings. The van der Waals surface area contributed by atoms with E-state index in [2.05, 4.69) is 15.1 Å². The summed E-state index contributed by atoms with van der Waals surface area (Å²) in [5.41, 5.74) is 4.65. The SMILES string of the molecule is Cc1nn(C)c(C)c1-c1cnc(C2CCCN(S(C)(=O)=O)C2)cn1. The largest absolute Gasteiger partial charge is 0.272 e. The fourth-order valence-electron chi connectivity index (χ4n) is 3.31. The maximum Gasteiger partial charge on any atom is 0.211 e. The van der Waals surface area contributed by atoms with Gasteiger partial charge in [0.15, 0.2) is 0 Å². The van der Waals surface area contributed by atoms with Gasteiger partial charge in [-0.15, -0.1) is 0 Å². The number of aryl methyl sites for hydroxylation is 2. The summed E-state index contributed by atoms with van der Waals surface area (Å²) in [6.07, 6.45) is 6.59. The molecule has 0 bridgehead atoms. The molecule has 1 atom stereocenters. The molecule has 1 saturated heterocycles. The van der Waals surface area contributed by atoms with E-state index in [4.69, 9.17) is 0 Å². The van der Waals surface area contributed by atoms with Gasteiger partial charge in [-0.3, -0.25) is 14.6 Å². The fraction of sp³-hybridized carbons (Fsp3) is 0.562. The first kappa shape index (κ1) is 17.0. The van der Waals surface area contributed by atoms with Crippen LogP contribution >= 0.6 is 0 Å². The average molecular weight is 349 g/mol. The second kappa shape index (κ2) is 6.25. The van der Waals surface area contributed by atoms with Crippen molar-refractivity contribution in [2.75, 3.05) is 19.3 Å². The maximum atomic E-state index is 11.8. The molecule has 0 amide bonds. The van der Waals surface area contributed by atoms with Crippen molar-refractivity contribution >= 4 is 10.0 Å². The molecule has 0 spiro atoms. The van der Waals surface area contributed by atoms with Crippen LogP contribution in [-0.4, -0.2) is 51.8 Å². The molecule has 0 saturated carbocycles. The van der Waals surface area contributed by atoms with Crippen LogP contribution in [0.15, 0.2) is 12.4 Å². The monoisotopic (exact) mass is 349 g/mol. The number of hydrogen-bond donors (Lipinski definition) is 0. The minimum Gasteiger partial charge on any atom is -0.272 e. The Hall–Kier alpha value is -1.80. The van der Waals surface area contributed by atoms with Crippen molar-refractivity contribution in [3.8, 4) is 11.3 Å². The van der Waals surface area contributed by atoms with Gasteiger partial charge in [-0.25, -0.2) is 12.7 Å². The molecule has 2 aromatic heterocycles. The van der Waals surface area contributed by atoms with Crippen molar-refractivity contribution in [3.05, 3.63) is 29.5 Å². The highest BCUT2D eigenvalue weighted by molar-refractivity contribution is 7.88. The molecule has 3 rings (SSSR count). The summed E-state index contributed by atoms with van der Waals surface area (Å²) in [6, 6.07) is 0. The van der Waals surface area contributed by atoms with Crippen molar-refractivity contribution in [2.24, 2.45) is 7.05 Å². The highest BCUT2D eigenvalue weighted by atomic mass is 32.2. The number of rotatable bonds is 3. The van der Waals surface area contributed by atoms with Crippen LogP contribution in [-0.2, 0) is 17.1 Å². The third-order valence-corrected chi connectivity index (χ3v) is 5.98. The normalized spacial score (nSPS) is 19.6. The third-order valence-electron chi connectivity index (χ3n) is 4.71. The Labute approximate surface area is 142 Å². The Kier molecular flexibility index (Phi) is 4.44. The topological polar surface area (TPSA) is 81.0 Å². The van der Waals surface area contributed by atoms with E-state index in [9.17, 15) is 8.42 Å². The van der Waals surface area contributed by atoms with E-state index in [-0.39, 0.29) is 5.92 Å². The molecule has 1 aliphatic heterocycles. The second-order valence-corrected chi connectivity index (χ2v) is 8.44. The van der Waals surface area contributed by atoms with Crippen LogP contribution in [0.2, 0.25) is 0 Å². The van der Waals surface area contributed by atoms with Crippen LogP contribution in [0.25, 0.3) is 11.3 Å². The third kappa shape index (κ3) is 3.21. The predicted octanol–water partition coefficient (Wildman–Crippen LogP) is 1.63. The van der Waals surface area contributed by atoms with Crippen molar-refractivity contribution in [2.45, 2.75) is 32.6 Å². The van der Waals surface area contributed by atoms with Crippen molar-refractivity contribution < 1.29 is 8.42 Å². The number of piperidine rings is 1. The van der Waals surface area contributed by atoms with Gasteiger partial charge in [0.2, 0.25) is 10.0 Å². The molecule has 0 aromatic carbocycles. The molecule has 1 unspecified atom stereocenters. The van der Waals surface area contributed by atoms with E-state index >= 15 is 0 Å². The molecule has 0 N–H and O–H groups in total. The molecular formula is C16H23N5O2S. The molecule has 7 nitrogen and oxygen atoms in total. The minimum absolute atomic E-state index is 0.103. The lowest BCUT2D eigenvalue weighted by molar-refractivity contribution is 0.314. The summed E-state index contributed by atoms with van der Waals surface area (Å²) in [4.78, 5) is 9.13. The molecule has 3 heterocycles. The van der Waals surface area contributed by atoms with Crippen LogP contribution in [0.4, 0.5) is 0 Å². The van der Waals surface area contributed by atoms with Crippen molar-refractivity contribution in [1.82, 2.24) is 24.1 Å². The zero-order valence-corrected chi connectivity index (χ0v) is 15.3. The van der Waals surface area contributed by atoms with E-state index in [1.54, 1.807) is 12.4 Å². The molecular weight excluding hydrogens is 326 g/mol. The van der Waals surface area contributed by atoms with Crippen LogP contribution in [0, 0.1) is 13.8 Å². The van der Waals surface area contributed by atoms with Gasteiger partial charge >= 0.3 is 0 Å². The van der Waals surface area contributed by atoms with Crippen molar-refractivity contribution in [3.63, 3.8) is 0 Å². The smallest absolute Gasteiger partial charge is 0.211 e. The van der Waals surface area contributed by atoms with Crippen LogP contribution in [0.3, 0.4) is 0 Å². The molecule has 8 heteroatoms. The summed E-state index contributed by atoms with van der Waals surface area (Å²) < 4.78 is 26.9. The van der Waals surface area contributed by atoms with E-state index in [1.165, 1.54) is 10.6 Å². The Morgan fingerprint density at radius 1 is 1.21 bits per heavy atom. The van der Waals surface area contributed by atoms with Gasteiger partial charge in [-0.05, 0) is 26.7 Å². The minimum atomic E-state index is -3.15. The average Bonchev–Trinajstić information content (AvgIpc) is 2.80. The lowest BCUT2D eigenvalue weighted by Crippen LogP contribution is -2.38. The Morgan fingerprint density at radius 3 is 2.50 bits per heavy atom. The van der Waals surface area contributed by atoms with E-state index in [0.29, 0.717) is 13.1 Å². The zero-order valence-electron chi connectivity index (χ0n) is 14.5. The maximum absolute atomic E-state index is 11.8. The number of aromatic nitrogens is 4. The first-order chi connectivity index (χ1) is 11.3.